The second kappa shape index (κ2) is 7.64. The number of benzene rings is 2. The van der Waals surface area contributed by atoms with E-state index >= 15 is 0 Å². The van der Waals surface area contributed by atoms with Crippen molar-refractivity contribution in [2.24, 2.45) is 0 Å². The Kier molecular flexibility index (Phi) is 4.66. The number of H-pyrrole nitrogens is 1. The average Bonchev–Trinajstić information content (AvgIpc) is 2.81. The molecule has 154 valence electrons. The molecule has 0 radical (unpaired) electrons. The van der Waals surface area contributed by atoms with Crippen LogP contribution in [0.15, 0.2) is 53.3 Å². The number of nitrogens with one attached hydrogen (secondary N) is 3. The average molecular weight is 413 g/mol. The Balaban J connectivity index is 1.47. The molecule has 0 saturated carbocycles. The van der Waals surface area contributed by atoms with Crippen molar-refractivity contribution in [2.45, 2.75) is 25.7 Å². The maximum atomic E-state index is 13.2. The number of nitrogens with zero attached hydrogens (tertiary/aromatic N) is 2. The Morgan fingerprint density at radius 1 is 0.839 bits per heavy atom. The summed E-state index contributed by atoms with van der Waals surface area (Å²) in [5.41, 5.74) is 7.77. The summed E-state index contributed by atoms with van der Waals surface area (Å²) in [5, 5.41) is 7.70. The maximum absolute atomic E-state index is 13.2. The molecule has 2 amide bonds. The largest absolute Gasteiger partial charge is 0.290 e. The highest BCUT2D eigenvalue weighted by Gasteiger charge is 2.23. The number of pyridine rings is 1. The van der Waals surface area contributed by atoms with Crippen LogP contribution in [0.1, 0.15) is 44.9 Å². The van der Waals surface area contributed by atoms with E-state index in [0.29, 0.717) is 16.3 Å². The van der Waals surface area contributed by atoms with Crippen LogP contribution in [0.25, 0.3) is 21.7 Å². The zero-order valence-electron chi connectivity index (χ0n) is 16.6. The minimum Gasteiger partial charge on any atom is -0.267 e. The quantitative estimate of drug-likeness (QED) is 0.437. The number of carbonyl (C=O) groups excluding carboxylic acids is 2. The van der Waals surface area contributed by atoms with E-state index in [2.05, 4.69) is 21.0 Å². The second-order valence-electron chi connectivity index (χ2n) is 7.49. The highest BCUT2D eigenvalue weighted by atomic mass is 16.2. The standard InChI is InChI=1S/C23H19N5O3/c29-21-14-8-2-1-7-13(14)20(25-26-21)23(31)28-27-22(30)19-15-9-3-5-11-17(15)24-18-12-6-4-10-16(18)19/h1-3,5,7-9,11H,4,6,10,12H2,(H,26,29)(H,27,30)(H,28,31). The minimum atomic E-state index is -0.618. The predicted molar refractivity (Wildman–Crippen MR) is 116 cm³/mol. The first kappa shape index (κ1) is 18.9. The first-order valence-corrected chi connectivity index (χ1v) is 10.1. The lowest BCUT2D eigenvalue weighted by atomic mass is 9.89. The molecule has 0 atom stereocenters. The van der Waals surface area contributed by atoms with Crippen molar-refractivity contribution < 1.29 is 9.59 Å². The molecule has 1 aliphatic carbocycles. The Labute approximate surface area is 176 Å². The van der Waals surface area contributed by atoms with E-state index in [-0.39, 0.29) is 11.3 Å². The van der Waals surface area contributed by atoms with Crippen LogP contribution >= 0.6 is 0 Å². The van der Waals surface area contributed by atoms with Crippen molar-refractivity contribution in [3.8, 4) is 0 Å². The fourth-order valence-electron chi connectivity index (χ4n) is 4.15. The summed E-state index contributed by atoms with van der Waals surface area (Å²) >= 11 is 0. The fraction of sp³-hybridized carbons (Fsp3) is 0.174. The molecular weight excluding hydrogens is 394 g/mol. The first-order chi connectivity index (χ1) is 15.1. The van der Waals surface area contributed by atoms with Gasteiger partial charge in [0.05, 0.1) is 16.5 Å². The molecule has 0 aliphatic heterocycles. The molecule has 1 aliphatic rings. The van der Waals surface area contributed by atoms with Crippen molar-refractivity contribution >= 4 is 33.5 Å². The van der Waals surface area contributed by atoms with Gasteiger partial charge in [0, 0.05) is 16.5 Å². The van der Waals surface area contributed by atoms with Crippen LogP contribution in [0.5, 0.6) is 0 Å². The van der Waals surface area contributed by atoms with Gasteiger partial charge in [0.1, 0.15) is 0 Å². The van der Waals surface area contributed by atoms with Crippen LogP contribution in [-0.2, 0) is 12.8 Å². The van der Waals surface area contributed by atoms with E-state index in [9.17, 15) is 14.4 Å². The van der Waals surface area contributed by atoms with Gasteiger partial charge < -0.3 is 0 Å². The van der Waals surface area contributed by atoms with Gasteiger partial charge in [0.15, 0.2) is 5.69 Å². The fourth-order valence-corrected chi connectivity index (χ4v) is 4.15. The molecule has 0 saturated heterocycles. The number of carbonyl (C=O) groups is 2. The Hall–Kier alpha value is -4.07. The molecule has 31 heavy (non-hydrogen) atoms. The minimum absolute atomic E-state index is 0.0251. The van der Waals surface area contributed by atoms with Crippen molar-refractivity contribution in [3.63, 3.8) is 0 Å². The summed E-state index contributed by atoms with van der Waals surface area (Å²) in [4.78, 5) is 42.6. The van der Waals surface area contributed by atoms with Crippen LogP contribution in [0.3, 0.4) is 0 Å². The van der Waals surface area contributed by atoms with E-state index in [4.69, 9.17) is 4.98 Å². The smallest absolute Gasteiger partial charge is 0.267 e. The highest BCUT2D eigenvalue weighted by Crippen LogP contribution is 2.29. The monoisotopic (exact) mass is 413 g/mol. The molecule has 2 aromatic heterocycles. The number of aryl methyl sites for hydroxylation is 1. The molecular formula is C23H19N5O3. The molecule has 0 bridgehead atoms. The van der Waals surface area contributed by atoms with E-state index in [1.54, 1.807) is 24.3 Å². The third kappa shape index (κ3) is 3.31. The number of hydrazine groups is 1. The Bertz CT molecular complexity index is 1410. The summed E-state index contributed by atoms with van der Waals surface area (Å²) in [6.07, 6.45) is 3.64. The SMILES string of the molecule is O=C(NNC(=O)c1n[nH]c(=O)c2ccccc12)c1c2c(nc3ccccc13)CCCC2. The molecule has 0 fully saturated rings. The van der Waals surface area contributed by atoms with Gasteiger partial charge in [0.25, 0.3) is 17.4 Å². The molecule has 5 rings (SSSR count). The summed E-state index contributed by atoms with van der Waals surface area (Å²) < 4.78 is 0. The third-order valence-corrected chi connectivity index (χ3v) is 5.60. The number of hydrogen-bond acceptors (Lipinski definition) is 5. The Morgan fingerprint density at radius 3 is 2.35 bits per heavy atom. The number of aromatic nitrogens is 3. The summed E-state index contributed by atoms with van der Waals surface area (Å²) in [7, 11) is 0. The maximum Gasteiger partial charge on any atom is 0.290 e. The number of para-hydroxylation sites is 1. The number of aromatic amines is 1. The van der Waals surface area contributed by atoms with Crippen molar-refractivity contribution in [1.82, 2.24) is 26.0 Å². The van der Waals surface area contributed by atoms with Crippen LogP contribution in [0.4, 0.5) is 0 Å². The number of hydrogen-bond donors (Lipinski definition) is 3. The zero-order valence-corrected chi connectivity index (χ0v) is 16.6. The highest BCUT2D eigenvalue weighted by molar-refractivity contribution is 6.10. The van der Waals surface area contributed by atoms with Crippen LogP contribution in [0, 0.1) is 0 Å². The molecule has 2 aromatic carbocycles. The van der Waals surface area contributed by atoms with E-state index in [1.807, 2.05) is 24.3 Å². The topological polar surface area (TPSA) is 117 Å². The van der Waals surface area contributed by atoms with E-state index in [0.717, 1.165) is 47.8 Å². The van der Waals surface area contributed by atoms with Gasteiger partial charge in [-0.25, -0.2) is 5.10 Å². The van der Waals surface area contributed by atoms with Crippen molar-refractivity contribution in [1.29, 1.82) is 0 Å². The van der Waals surface area contributed by atoms with Gasteiger partial charge in [-0.05, 0) is 43.4 Å². The van der Waals surface area contributed by atoms with Gasteiger partial charge >= 0.3 is 0 Å². The zero-order chi connectivity index (χ0) is 21.4. The number of rotatable bonds is 2. The van der Waals surface area contributed by atoms with Crippen LogP contribution in [-0.4, -0.2) is 27.0 Å². The molecule has 3 N–H and O–H groups in total. The van der Waals surface area contributed by atoms with Crippen LogP contribution < -0.4 is 16.4 Å². The van der Waals surface area contributed by atoms with Gasteiger partial charge in [-0.2, -0.15) is 5.10 Å². The summed E-state index contributed by atoms with van der Waals surface area (Å²) in [5.74, 6) is -1.02. The second-order valence-corrected chi connectivity index (χ2v) is 7.49. The molecule has 4 aromatic rings. The van der Waals surface area contributed by atoms with E-state index < -0.39 is 11.8 Å². The van der Waals surface area contributed by atoms with Crippen LogP contribution in [0.2, 0.25) is 0 Å². The molecule has 8 heteroatoms. The molecule has 8 nitrogen and oxygen atoms in total. The number of amides is 2. The van der Waals surface area contributed by atoms with E-state index in [1.165, 1.54) is 0 Å². The Morgan fingerprint density at radius 2 is 1.52 bits per heavy atom. The lowest BCUT2D eigenvalue weighted by Crippen LogP contribution is -2.43. The van der Waals surface area contributed by atoms with Crippen molar-refractivity contribution in [3.05, 3.63) is 81.4 Å². The predicted octanol–water partition coefficient (Wildman–Crippen LogP) is 2.42. The normalized spacial score (nSPS) is 13.0. The van der Waals surface area contributed by atoms with Crippen molar-refractivity contribution in [2.75, 3.05) is 0 Å². The van der Waals surface area contributed by atoms with Gasteiger partial charge in [0.2, 0.25) is 0 Å². The lowest BCUT2D eigenvalue weighted by Gasteiger charge is -2.20. The number of fused-ring (bicyclic) bond motifs is 3. The van der Waals surface area contributed by atoms with Gasteiger partial charge in [-0.3, -0.25) is 30.2 Å². The summed E-state index contributed by atoms with van der Waals surface area (Å²) in [6, 6.07) is 14.2. The van der Waals surface area contributed by atoms with Gasteiger partial charge in [-0.15, -0.1) is 0 Å². The third-order valence-electron chi connectivity index (χ3n) is 5.60. The molecule has 0 unspecified atom stereocenters. The molecule has 0 spiro atoms. The van der Waals surface area contributed by atoms with Gasteiger partial charge in [-0.1, -0.05) is 36.4 Å². The molecule has 2 heterocycles. The first-order valence-electron chi connectivity index (χ1n) is 10.1. The lowest BCUT2D eigenvalue weighted by molar-refractivity contribution is 0.0844. The summed E-state index contributed by atoms with van der Waals surface area (Å²) in [6.45, 7) is 0.